The number of nitrogens with zero attached hydrogens (tertiary/aromatic N) is 4. The Morgan fingerprint density at radius 3 is 1.51 bits per heavy atom. The van der Waals surface area contributed by atoms with Crippen LogP contribution in [-0.4, -0.2) is 60.7 Å². The number of anilines is 3. The molecule has 0 saturated heterocycles. The van der Waals surface area contributed by atoms with Crippen molar-refractivity contribution in [1.82, 2.24) is 9.97 Å². The first-order valence-electron chi connectivity index (χ1n) is 25.3. The van der Waals surface area contributed by atoms with Gasteiger partial charge >= 0.3 is 5.97 Å². The predicted octanol–water partition coefficient (Wildman–Crippen LogP) is 15.2. The topological polar surface area (TPSA) is 145 Å². The molecular formula is C58H60N4O8S2. The molecule has 9 rings (SSSR count). The molecule has 0 radical (unpaired) electrons. The van der Waals surface area contributed by atoms with E-state index >= 15 is 0 Å². The number of nitriles is 1. The summed E-state index contributed by atoms with van der Waals surface area (Å²) in [4.78, 5) is 26.7. The van der Waals surface area contributed by atoms with E-state index in [1.54, 1.807) is 29.8 Å². The standard InChI is InChI=1S/C58H60N4O8S2/c1-3-5-7-9-11-13-31-65-44-23-19-42(20-24-44)62(43-21-25-45(26-22-43)66-32-14-12-10-8-6-4-2)41-17-15-39(16-18-41)55-53-54(70-36-35-69-53)57(72-55)47-28-27-46(49-50(47)61-30-29-60-49)56-52-51(67-33-34-68-52)48(71-56)37-40(38-59)58(63)64/h15-30,37H,3-14,31-36H2,1-2H3,(H,63,64)/b40-37+. The van der Waals surface area contributed by atoms with Gasteiger partial charge in [0.15, 0.2) is 23.0 Å². The number of ether oxygens (including phenoxy) is 6. The Kier molecular flexibility index (Phi) is 16.9. The van der Waals surface area contributed by atoms with E-state index < -0.39 is 11.5 Å². The average molecular weight is 1010 g/mol. The zero-order valence-corrected chi connectivity index (χ0v) is 42.6. The van der Waals surface area contributed by atoms with Gasteiger partial charge in [0.05, 0.1) is 43.8 Å². The molecule has 0 saturated carbocycles. The van der Waals surface area contributed by atoms with Crippen molar-refractivity contribution in [3.05, 3.63) is 108 Å². The first-order valence-corrected chi connectivity index (χ1v) is 26.9. The van der Waals surface area contributed by atoms with Gasteiger partial charge in [0.2, 0.25) is 0 Å². The van der Waals surface area contributed by atoms with Crippen LogP contribution in [0.25, 0.3) is 48.4 Å². The van der Waals surface area contributed by atoms with Gasteiger partial charge in [0.1, 0.15) is 49.6 Å². The first-order chi connectivity index (χ1) is 35.4. The summed E-state index contributed by atoms with van der Waals surface area (Å²) in [6, 6.07) is 31.0. The van der Waals surface area contributed by atoms with Crippen LogP contribution in [0.3, 0.4) is 0 Å². The van der Waals surface area contributed by atoms with E-state index in [0.29, 0.717) is 83.4 Å². The second kappa shape index (κ2) is 24.4. The van der Waals surface area contributed by atoms with Crippen LogP contribution in [0.15, 0.2) is 103 Å². The van der Waals surface area contributed by atoms with E-state index in [0.717, 1.165) is 67.8 Å². The minimum absolute atomic E-state index is 0.291. The van der Waals surface area contributed by atoms with Gasteiger partial charge in [-0.2, -0.15) is 5.26 Å². The molecule has 2 aliphatic rings. The van der Waals surface area contributed by atoms with Crippen LogP contribution in [0, 0.1) is 11.3 Å². The fraction of sp³-hybridized carbons (Fsp3) is 0.345. The summed E-state index contributed by atoms with van der Waals surface area (Å²) in [5.74, 6) is 2.61. The molecule has 0 aliphatic carbocycles. The molecule has 372 valence electrons. The number of hydrogen-bond donors (Lipinski definition) is 1. The van der Waals surface area contributed by atoms with Crippen LogP contribution in [-0.2, 0) is 4.79 Å². The van der Waals surface area contributed by atoms with E-state index in [2.05, 4.69) is 91.5 Å². The molecule has 0 atom stereocenters. The van der Waals surface area contributed by atoms with Crippen molar-refractivity contribution in [2.24, 2.45) is 0 Å². The highest BCUT2D eigenvalue weighted by Gasteiger charge is 2.31. The smallest absolute Gasteiger partial charge is 0.346 e. The molecule has 0 fully saturated rings. The molecular weight excluding hydrogens is 945 g/mol. The summed E-state index contributed by atoms with van der Waals surface area (Å²) in [6.45, 7) is 7.32. The van der Waals surface area contributed by atoms with Gasteiger partial charge in [-0.05, 0) is 85.1 Å². The van der Waals surface area contributed by atoms with Crippen LogP contribution in [0.4, 0.5) is 17.1 Å². The molecule has 4 aromatic carbocycles. The predicted molar refractivity (Wildman–Crippen MR) is 287 cm³/mol. The number of hydrogen-bond acceptors (Lipinski definition) is 13. The third-order valence-corrected chi connectivity index (χ3v) is 15.0. The molecule has 0 amide bonds. The molecule has 2 aliphatic heterocycles. The van der Waals surface area contributed by atoms with Crippen molar-refractivity contribution < 1.29 is 38.3 Å². The van der Waals surface area contributed by atoms with E-state index in [4.69, 9.17) is 38.4 Å². The monoisotopic (exact) mass is 1000 g/mol. The zero-order chi connectivity index (χ0) is 49.7. The Hall–Kier alpha value is -7.08. The van der Waals surface area contributed by atoms with Crippen molar-refractivity contribution in [1.29, 1.82) is 5.26 Å². The summed E-state index contributed by atoms with van der Waals surface area (Å²) in [6.07, 6.45) is 19.2. The largest absolute Gasteiger partial charge is 0.494 e. The van der Waals surface area contributed by atoms with Gasteiger partial charge in [-0.25, -0.2) is 4.79 Å². The first kappa shape index (κ1) is 49.9. The minimum atomic E-state index is -1.32. The molecule has 1 N–H and O–H groups in total. The summed E-state index contributed by atoms with van der Waals surface area (Å²) in [7, 11) is 0. The lowest BCUT2D eigenvalue weighted by Gasteiger charge is -2.26. The molecule has 12 nitrogen and oxygen atoms in total. The molecule has 14 heteroatoms. The molecule has 5 heterocycles. The summed E-state index contributed by atoms with van der Waals surface area (Å²) in [5, 5.41) is 19.2. The maximum Gasteiger partial charge on any atom is 0.346 e. The second-order valence-electron chi connectivity index (χ2n) is 17.8. The quantitative estimate of drug-likeness (QED) is 0.0349. The van der Waals surface area contributed by atoms with Crippen molar-refractivity contribution in [2.75, 3.05) is 44.5 Å². The second-order valence-corrected chi connectivity index (χ2v) is 19.8. The number of aliphatic carboxylic acids is 1. The van der Waals surface area contributed by atoms with Crippen LogP contribution in [0.1, 0.15) is 95.8 Å². The lowest BCUT2D eigenvalue weighted by molar-refractivity contribution is -0.132. The summed E-state index contributed by atoms with van der Waals surface area (Å²) >= 11 is 2.85. The van der Waals surface area contributed by atoms with Crippen molar-refractivity contribution in [3.63, 3.8) is 0 Å². The zero-order valence-electron chi connectivity index (χ0n) is 41.0. The van der Waals surface area contributed by atoms with E-state index in [1.807, 2.05) is 12.1 Å². The van der Waals surface area contributed by atoms with Crippen molar-refractivity contribution >= 4 is 62.8 Å². The number of carboxylic acids is 1. The lowest BCUT2D eigenvalue weighted by Crippen LogP contribution is -2.15. The van der Waals surface area contributed by atoms with Crippen molar-refractivity contribution in [2.45, 2.75) is 90.9 Å². The van der Waals surface area contributed by atoms with Gasteiger partial charge in [-0.1, -0.05) is 102 Å². The van der Waals surface area contributed by atoms with Gasteiger partial charge in [-0.3, -0.25) is 9.97 Å². The van der Waals surface area contributed by atoms with Gasteiger partial charge in [0, 0.05) is 40.6 Å². The fourth-order valence-corrected chi connectivity index (χ4v) is 11.4. The number of unbranched alkanes of at least 4 members (excludes halogenated alkanes) is 10. The van der Waals surface area contributed by atoms with Gasteiger partial charge < -0.3 is 38.4 Å². The Morgan fingerprint density at radius 2 is 1.03 bits per heavy atom. The summed E-state index contributed by atoms with van der Waals surface area (Å²) < 4.78 is 37.3. The highest BCUT2D eigenvalue weighted by Crippen LogP contribution is 2.56. The number of benzene rings is 4. The SMILES string of the molecule is CCCCCCCCOc1ccc(N(c2ccc(OCCCCCCCC)cc2)c2ccc(-c3sc(-c4ccc(-c5sc(/C=C(\C#N)C(=O)O)c6c5OCCO6)c5nccnc45)c4c3OCCO4)cc2)cc1. The Bertz CT molecular complexity index is 2950. The summed E-state index contributed by atoms with van der Waals surface area (Å²) in [5.41, 5.74) is 6.36. The van der Waals surface area contributed by atoms with Crippen LogP contribution < -0.4 is 33.3 Å². The van der Waals surface area contributed by atoms with E-state index in [9.17, 15) is 15.2 Å². The highest BCUT2D eigenvalue weighted by molar-refractivity contribution is 7.20. The average Bonchev–Trinajstić information content (AvgIpc) is 3.99. The minimum Gasteiger partial charge on any atom is -0.494 e. The molecule has 0 spiro atoms. The Morgan fingerprint density at radius 1 is 0.597 bits per heavy atom. The molecule has 0 bridgehead atoms. The fourth-order valence-electron chi connectivity index (χ4n) is 9.00. The number of fused-ring (bicyclic) bond motifs is 3. The van der Waals surface area contributed by atoms with Crippen LogP contribution >= 0.6 is 22.7 Å². The third kappa shape index (κ3) is 11.5. The molecule has 0 unspecified atom stereocenters. The van der Waals surface area contributed by atoms with Crippen LogP contribution in [0.5, 0.6) is 34.5 Å². The number of rotatable bonds is 24. The third-order valence-electron chi connectivity index (χ3n) is 12.7. The van der Waals surface area contributed by atoms with Crippen LogP contribution in [0.2, 0.25) is 0 Å². The number of carbonyl (C=O) groups is 1. The number of carboxylic acid groups (broad SMARTS) is 1. The van der Waals surface area contributed by atoms with Crippen molar-refractivity contribution in [3.8, 4) is 71.9 Å². The Balaban J connectivity index is 1.01. The highest BCUT2D eigenvalue weighted by atomic mass is 32.1. The number of thiophene rings is 2. The Labute approximate surface area is 429 Å². The maximum atomic E-state index is 11.8. The van der Waals surface area contributed by atoms with Gasteiger partial charge in [0.25, 0.3) is 0 Å². The maximum absolute atomic E-state index is 11.8. The molecule has 72 heavy (non-hydrogen) atoms. The van der Waals surface area contributed by atoms with Gasteiger partial charge in [-0.15, -0.1) is 22.7 Å². The van der Waals surface area contributed by atoms with E-state index in [-0.39, 0.29) is 0 Å². The lowest BCUT2D eigenvalue weighted by atomic mass is 10.0. The molecule has 3 aromatic heterocycles. The normalized spacial score (nSPS) is 12.9. The van der Waals surface area contributed by atoms with E-state index in [1.165, 1.54) is 81.6 Å². The number of aromatic nitrogens is 2. The molecule has 7 aromatic rings.